The van der Waals surface area contributed by atoms with E-state index in [-0.39, 0.29) is 0 Å². The molecule has 0 aliphatic rings. The first kappa shape index (κ1) is 13.5. The van der Waals surface area contributed by atoms with Crippen LogP contribution >= 0.6 is 15.9 Å². The molecule has 1 rings (SSSR count). The first-order chi connectivity index (χ1) is 7.61. The number of nitrogen functional groups attached to an aromatic ring is 1. The van der Waals surface area contributed by atoms with Crippen molar-refractivity contribution in [2.24, 2.45) is 5.92 Å². The molecule has 0 saturated heterocycles. The van der Waals surface area contributed by atoms with E-state index in [1.165, 1.54) is 6.42 Å². The minimum Gasteiger partial charge on any atom is -0.398 e. The van der Waals surface area contributed by atoms with Crippen LogP contribution in [0.1, 0.15) is 32.3 Å². The minimum atomic E-state index is 0.629. The van der Waals surface area contributed by atoms with Crippen molar-refractivity contribution in [2.45, 2.75) is 33.3 Å². The summed E-state index contributed by atoms with van der Waals surface area (Å²) < 4.78 is 6.58. The first-order valence-electron chi connectivity index (χ1n) is 5.72. The molecule has 0 fully saturated rings. The van der Waals surface area contributed by atoms with Gasteiger partial charge in [-0.3, -0.25) is 0 Å². The van der Waals surface area contributed by atoms with E-state index in [1.54, 1.807) is 0 Å². The van der Waals surface area contributed by atoms with E-state index in [0.717, 1.165) is 34.7 Å². The van der Waals surface area contributed by atoms with Gasteiger partial charge in [-0.05, 0) is 46.3 Å². The monoisotopic (exact) mass is 285 g/mol. The van der Waals surface area contributed by atoms with Crippen LogP contribution in [0.3, 0.4) is 0 Å². The average molecular weight is 286 g/mol. The highest BCUT2D eigenvalue weighted by Crippen LogP contribution is 2.24. The highest BCUT2D eigenvalue weighted by atomic mass is 79.9. The summed E-state index contributed by atoms with van der Waals surface area (Å²) in [6.45, 7) is 5.91. The minimum absolute atomic E-state index is 0.629. The summed E-state index contributed by atoms with van der Waals surface area (Å²) in [6, 6.07) is 5.86. The van der Waals surface area contributed by atoms with Crippen molar-refractivity contribution in [3.8, 4) is 0 Å². The molecule has 1 aromatic rings. The zero-order valence-corrected chi connectivity index (χ0v) is 11.6. The van der Waals surface area contributed by atoms with Gasteiger partial charge in [-0.2, -0.15) is 0 Å². The average Bonchev–Trinajstić information content (AvgIpc) is 2.23. The lowest BCUT2D eigenvalue weighted by Gasteiger charge is -2.08. The van der Waals surface area contributed by atoms with Crippen LogP contribution in [0.5, 0.6) is 0 Å². The molecule has 0 heterocycles. The Balaban J connectivity index is 2.29. The summed E-state index contributed by atoms with van der Waals surface area (Å²) in [4.78, 5) is 0. The quantitative estimate of drug-likeness (QED) is 0.634. The normalized spacial score (nSPS) is 11.0. The van der Waals surface area contributed by atoms with Gasteiger partial charge in [0.2, 0.25) is 0 Å². The lowest BCUT2D eigenvalue weighted by molar-refractivity contribution is 0.114. The number of rotatable bonds is 6. The Morgan fingerprint density at radius 1 is 1.38 bits per heavy atom. The fourth-order valence-electron chi connectivity index (χ4n) is 1.49. The predicted molar refractivity (Wildman–Crippen MR) is 72.3 cm³/mol. The van der Waals surface area contributed by atoms with Crippen LogP contribution in [0.2, 0.25) is 0 Å². The van der Waals surface area contributed by atoms with Gasteiger partial charge >= 0.3 is 0 Å². The smallest absolute Gasteiger partial charge is 0.0728 e. The fraction of sp³-hybridized carbons (Fsp3) is 0.538. The third-order valence-corrected chi connectivity index (χ3v) is 3.40. The van der Waals surface area contributed by atoms with Crippen molar-refractivity contribution in [1.82, 2.24) is 0 Å². The molecule has 0 radical (unpaired) electrons. The molecule has 0 bridgehead atoms. The van der Waals surface area contributed by atoms with E-state index >= 15 is 0 Å². The van der Waals surface area contributed by atoms with Crippen molar-refractivity contribution < 1.29 is 4.74 Å². The lowest BCUT2D eigenvalue weighted by atomic mass is 10.1. The predicted octanol–water partition coefficient (Wildman–Crippen LogP) is 3.98. The van der Waals surface area contributed by atoms with Gasteiger partial charge in [0.25, 0.3) is 0 Å². The molecular weight excluding hydrogens is 266 g/mol. The number of nitrogens with two attached hydrogens (primary N) is 1. The summed E-state index contributed by atoms with van der Waals surface area (Å²) in [5.74, 6) is 0.753. The Labute approximate surface area is 106 Å². The largest absolute Gasteiger partial charge is 0.398 e. The zero-order valence-electron chi connectivity index (χ0n) is 10.0. The summed E-state index contributed by atoms with van der Waals surface area (Å²) >= 11 is 3.47. The molecule has 16 heavy (non-hydrogen) atoms. The first-order valence-corrected chi connectivity index (χ1v) is 6.51. The number of benzene rings is 1. The molecule has 0 atom stereocenters. The molecule has 0 unspecified atom stereocenters. The van der Waals surface area contributed by atoms with Crippen molar-refractivity contribution in [3.63, 3.8) is 0 Å². The molecule has 0 saturated carbocycles. The van der Waals surface area contributed by atoms with Gasteiger partial charge in [-0.15, -0.1) is 0 Å². The Hall–Kier alpha value is -0.540. The topological polar surface area (TPSA) is 35.2 Å². The van der Waals surface area contributed by atoms with Gasteiger partial charge in [0, 0.05) is 16.8 Å². The van der Waals surface area contributed by atoms with Crippen molar-refractivity contribution in [1.29, 1.82) is 0 Å². The van der Waals surface area contributed by atoms with Gasteiger partial charge in [0.1, 0.15) is 0 Å². The standard InChI is InChI=1S/C13H20BrNO/c1-10(2)5-4-8-16-9-11-6-3-7-12(15)13(11)14/h3,6-7,10H,4-5,8-9,15H2,1-2H3. The number of ether oxygens (including phenoxy) is 1. The molecule has 0 spiro atoms. The fourth-order valence-corrected chi connectivity index (χ4v) is 1.87. The number of anilines is 1. The maximum atomic E-state index is 5.79. The SMILES string of the molecule is CC(C)CCCOCc1cccc(N)c1Br. The molecule has 90 valence electrons. The van der Waals surface area contributed by atoms with Gasteiger partial charge in [0.15, 0.2) is 0 Å². The third kappa shape index (κ3) is 4.54. The van der Waals surface area contributed by atoms with E-state index in [4.69, 9.17) is 10.5 Å². The van der Waals surface area contributed by atoms with Crippen LogP contribution < -0.4 is 5.73 Å². The van der Waals surface area contributed by atoms with Gasteiger partial charge in [-0.1, -0.05) is 26.0 Å². The molecule has 3 heteroatoms. The van der Waals surface area contributed by atoms with E-state index in [1.807, 2.05) is 18.2 Å². The van der Waals surface area contributed by atoms with Crippen molar-refractivity contribution in [2.75, 3.05) is 12.3 Å². The van der Waals surface area contributed by atoms with Crippen LogP contribution in [0.25, 0.3) is 0 Å². The molecule has 0 aliphatic heterocycles. The second-order valence-corrected chi connectivity index (χ2v) is 5.20. The van der Waals surface area contributed by atoms with Crippen molar-refractivity contribution >= 4 is 21.6 Å². The summed E-state index contributed by atoms with van der Waals surface area (Å²) in [5, 5.41) is 0. The Morgan fingerprint density at radius 2 is 2.12 bits per heavy atom. The number of hydrogen-bond donors (Lipinski definition) is 1. The summed E-state index contributed by atoms with van der Waals surface area (Å²) in [7, 11) is 0. The molecule has 0 aromatic heterocycles. The molecule has 1 aromatic carbocycles. The third-order valence-electron chi connectivity index (χ3n) is 2.44. The maximum absolute atomic E-state index is 5.79. The Morgan fingerprint density at radius 3 is 2.81 bits per heavy atom. The van der Waals surface area contributed by atoms with Crippen LogP contribution in [0, 0.1) is 5.92 Å². The van der Waals surface area contributed by atoms with E-state index < -0.39 is 0 Å². The Kier molecular flexibility index (Phi) is 5.85. The molecule has 2 N–H and O–H groups in total. The van der Waals surface area contributed by atoms with Crippen LogP contribution in [-0.4, -0.2) is 6.61 Å². The van der Waals surface area contributed by atoms with Crippen LogP contribution in [0.4, 0.5) is 5.69 Å². The lowest BCUT2D eigenvalue weighted by Crippen LogP contribution is -1.99. The van der Waals surface area contributed by atoms with Crippen molar-refractivity contribution in [3.05, 3.63) is 28.2 Å². The van der Waals surface area contributed by atoms with Gasteiger partial charge in [-0.25, -0.2) is 0 Å². The van der Waals surface area contributed by atoms with E-state index in [0.29, 0.717) is 6.61 Å². The molecule has 0 amide bonds. The van der Waals surface area contributed by atoms with E-state index in [2.05, 4.69) is 29.8 Å². The van der Waals surface area contributed by atoms with Crippen LogP contribution in [-0.2, 0) is 11.3 Å². The summed E-state index contributed by atoms with van der Waals surface area (Å²) in [6.07, 6.45) is 2.34. The highest BCUT2D eigenvalue weighted by molar-refractivity contribution is 9.10. The summed E-state index contributed by atoms with van der Waals surface area (Å²) in [5.41, 5.74) is 7.67. The molecule has 2 nitrogen and oxygen atoms in total. The number of hydrogen-bond acceptors (Lipinski definition) is 2. The van der Waals surface area contributed by atoms with Crippen LogP contribution in [0.15, 0.2) is 22.7 Å². The molecule has 0 aliphatic carbocycles. The highest BCUT2D eigenvalue weighted by Gasteiger charge is 2.02. The molecular formula is C13H20BrNO. The van der Waals surface area contributed by atoms with Gasteiger partial charge < -0.3 is 10.5 Å². The second-order valence-electron chi connectivity index (χ2n) is 4.41. The number of halogens is 1. The van der Waals surface area contributed by atoms with E-state index in [9.17, 15) is 0 Å². The zero-order chi connectivity index (χ0) is 12.0. The second kappa shape index (κ2) is 6.92. The Bertz CT molecular complexity index is 326. The van der Waals surface area contributed by atoms with Gasteiger partial charge in [0.05, 0.1) is 6.61 Å². The maximum Gasteiger partial charge on any atom is 0.0728 e.